The number of hydrogen-bond acceptors (Lipinski definition) is 4. The van der Waals surface area contributed by atoms with E-state index in [1.807, 2.05) is 29.6 Å². The molecule has 6 heteroatoms. The molecule has 1 aromatic heterocycles. The van der Waals surface area contributed by atoms with Gasteiger partial charge >= 0.3 is 0 Å². The van der Waals surface area contributed by atoms with E-state index in [-0.39, 0.29) is 11.0 Å². The van der Waals surface area contributed by atoms with Gasteiger partial charge < -0.3 is 10.1 Å². The first kappa shape index (κ1) is 13.5. The molecule has 0 aliphatic rings. The number of thiocarbonyl (C=S) groups is 1. The lowest BCUT2D eigenvalue weighted by atomic mass is 10.3. The standard InChI is InChI=1S/C13H12N2O2S2/c1-17-10-5-2-4-9(8-10)14-13(18)15-12(16)11-6-3-7-19-11/h2-8H,1H3,(H2,14,15,16,18). The smallest absolute Gasteiger partial charge is 0.267 e. The van der Waals surface area contributed by atoms with Crippen molar-refractivity contribution in [2.75, 3.05) is 12.4 Å². The maximum atomic E-state index is 11.8. The average molecular weight is 292 g/mol. The third-order valence-electron chi connectivity index (χ3n) is 2.30. The largest absolute Gasteiger partial charge is 0.497 e. The van der Waals surface area contributed by atoms with Crippen LogP contribution in [0.4, 0.5) is 5.69 Å². The summed E-state index contributed by atoms with van der Waals surface area (Å²) in [5, 5.41) is 7.65. The first-order chi connectivity index (χ1) is 9.19. The van der Waals surface area contributed by atoms with Crippen molar-refractivity contribution in [3.8, 4) is 5.75 Å². The van der Waals surface area contributed by atoms with Crippen LogP contribution in [0.5, 0.6) is 5.75 Å². The Labute approximate surface area is 120 Å². The Kier molecular flexibility index (Phi) is 4.48. The lowest BCUT2D eigenvalue weighted by Crippen LogP contribution is -2.33. The van der Waals surface area contributed by atoms with Crippen LogP contribution in [-0.4, -0.2) is 18.1 Å². The van der Waals surface area contributed by atoms with Crippen molar-refractivity contribution in [3.63, 3.8) is 0 Å². The van der Waals surface area contributed by atoms with Crippen LogP contribution < -0.4 is 15.4 Å². The van der Waals surface area contributed by atoms with Gasteiger partial charge in [-0.15, -0.1) is 11.3 Å². The highest BCUT2D eigenvalue weighted by Crippen LogP contribution is 2.16. The number of thiophene rings is 1. The van der Waals surface area contributed by atoms with E-state index in [1.54, 1.807) is 19.2 Å². The second-order valence-corrected chi connectivity index (χ2v) is 4.97. The summed E-state index contributed by atoms with van der Waals surface area (Å²) in [6, 6.07) is 10.9. The minimum atomic E-state index is -0.213. The molecule has 1 amide bonds. The molecule has 0 radical (unpaired) electrons. The quantitative estimate of drug-likeness (QED) is 0.854. The molecule has 0 bridgehead atoms. The number of benzene rings is 1. The predicted octanol–water partition coefficient (Wildman–Crippen LogP) is 2.88. The second-order valence-electron chi connectivity index (χ2n) is 3.62. The minimum absolute atomic E-state index is 0.213. The van der Waals surface area contributed by atoms with Crippen LogP contribution in [0.3, 0.4) is 0 Å². The molecule has 2 aromatic rings. The number of amides is 1. The van der Waals surface area contributed by atoms with Crippen molar-refractivity contribution in [2.24, 2.45) is 0 Å². The van der Waals surface area contributed by atoms with E-state index in [9.17, 15) is 4.79 Å². The number of anilines is 1. The van der Waals surface area contributed by atoms with Gasteiger partial charge in [0.25, 0.3) is 5.91 Å². The topological polar surface area (TPSA) is 50.4 Å². The maximum absolute atomic E-state index is 11.8. The number of hydrogen-bond donors (Lipinski definition) is 2. The molecule has 2 N–H and O–H groups in total. The number of carbonyl (C=O) groups excluding carboxylic acids is 1. The van der Waals surface area contributed by atoms with Crippen LogP contribution in [0.25, 0.3) is 0 Å². The van der Waals surface area contributed by atoms with Gasteiger partial charge in [0.15, 0.2) is 5.11 Å². The summed E-state index contributed by atoms with van der Waals surface area (Å²) in [6.07, 6.45) is 0. The van der Waals surface area contributed by atoms with Crippen LogP contribution in [0, 0.1) is 0 Å². The van der Waals surface area contributed by atoms with E-state index >= 15 is 0 Å². The Hall–Kier alpha value is -1.92. The van der Waals surface area contributed by atoms with E-state index in [2.05, 4.69) is 10.6 Å². The lowest BCUT2D eigenvalue weighted by molar-refractivity contribution is 0.0981. The molecular weight excluding hydrogens is 280 g/mol. The predicted molar refractivity (Wildman–Crippen MR) is 81.0 cm³/mol. The summed E-state index contributed by atoms with van der Waals surface area (Å²) in [5.74, 6) is 0.507. The zero-order chi connectivity index (χ0) is 13.7. The molecule has 0 aliphatic carbocycles. The highest BCUT2D eigenvalue weighted by molar-refractivity contribution is 7.80. The Morgan fingerprint density at radius 1 is 1.32 bits per heavy atom. The van der Waals surface area contributed by atoms with Gasteiger partial charge in [-0.05, 0) is 35.8 Å². The molecule has 0 saturated heterocycles. The molecule has 0 unspecified atom stereocenters. The Morgan fingerprint density at radius 2 is 2.16 bits per heavy atom. The zero-order valence-corrected chi connectivity index (χ0v) is 11.8. The molecular formula is C13H12N2O2S2. The van der Waals surface area contributed by atoms with Crippen molar-refractivity contribution in [2.45, 2.75) is 0 Å². The third kappa shape index (κ3) is 3.77. The van der Waals surface area contributed by atoms with Crippen molar-refractivity contribution < 1.29 is 9.53 Å². The Morgan fingerprint density at radius 3 is 2.84 bits per heavy atom. The van der Waals surface area contributed by atoms with Crippen LogP contribution in [0.15, 0.2) is 41.8 Å². The minimum Gasteiger partial charge on any atom is -0.497 e. The highest BCUT2D eigenvalue weighted by Gasteiger charge is 2.08. The monoisotopic (exact) mass is 292 g/mol. The highest BCUT2D eigenvalue weighted by atomic mass is 32.1. The summed E-state index contributed by atoms with van der Waals surface area (Å²) < 4.78 is 5.11. The van der Waals surface area contributed by atoms with Crippen LogP contribution in [0.1, 0.15) is 9.67 Å². The molecule has 1 heterocycles. The molecule has 4 nitrogen and oxygen atoms in total. The zero-order valence-electron chi connectivity index (χ0n) is 10.2. The number of nitrogens with one attached hydrogen (secondary N) is 2. The number of rotatable bonds is 3. The Balaban J connectivity index is 1.95. The van der Waals surface area contributed by atoms with Gasteiger partial charge in [0, 0.05) is 11.8 Å². The van der Waals surface area contributed by atoms with E-state index in [0.717, 1.165) is 11.4 Å². The number of carbonyl (C=O) groups is 1. The van der Waals surface area contributed by atoms with Crippen molar-refractivity contribution in [1.29, 1.82) is 0 Å². The molecule has 0 fully saturated rings. The fourth-order valence-corrected chi connectivity index (χ4v) is 2.27. The van der Waals surface area contributed by atoms with Gasteiger partial charge in [0.1, 0.15) is 5.75 Å². The van der Waals surface area contributed by atoms with E-state index in [4.69, 9.17) is 17.0 Å². The van der Waals surface area contributed by atoms with Gasteiger partial charge in [-0.3, -0.25) is 10.1 Å². The second kappa shape index (κ2) is 6.31. The molecule has 0 atom stereocenters. The molecule has 1 aromatic carbocycles. The number of methoxy groups -OCH3 is 1. The summed E-state index contributed by atoms with van der Waals surface area (Å²) >= 11 is 6.45. The molecule has 19 heavy (non-hydrogen) atoms. The van der Waals surface area contributed by atoms with Gasteiger partial charge in [0.2, 0.25) is 0 Å². The van der Waals surface area contributed by atoms with E-state index in [1.165, 1.54) is 11.3 Å². The summed E-state index contributed by atoms with van der Waals surface area (Å²) in [4.78, 5) is 12.4. The normalized spacial score (nSPS) is 9.74. The average Bonchev–Trinajstić information content (AvgIpc) is 2.92. The molecule has 98 valence electrons. The first-order valence-electron chi connectivity index (χ1n) is 5.49. The first-order valence-corrected chi connectivity index (χ1v) is 6.78. The van der Waals surface area contributed by atoms with Crippen LogP contribution >= 0.6 is 23.6 Å². The van der Waals surface area contributed by atoms with Crippen molar-refractivity contribution in [1.82, 2.24) is 5.32 Å². The van der Waals surface area contributed by atoms with E-state index in [0.29, 0.717) is 4.88 Å². The lowest BCUT2D eigenvalue weighted by Gasteiger charge is -2.09. The molecule has 0 saturated carbocycles. The number of ether oxygens (including phenoxy) is 1. The fraction of sp³-hybridized carbons (Fsp3) is 0.0769. The van der Waals surface area contributed by atoms with Gasteiger partial charge in [-0.1, -0.05) is 12.1 Å². The van der Waals surface area contributed by atoms with Gasteiger partial charge in [-0.2, -0.15) is 0 Å². The SMILES string of the molecule is COc1cccc(NC(=S)NC(=O)c2cccs2)c1. The fourth-order valence-electron chi connectivity index (χ4n) is 1.44. The Bertz CT molecular complexity index is 582. The van der Waals surface area contributed by atoms with E-state index < -0.39 is 0 Å². The van der Waals surface area contributed by atoms with Crippen LogP contribution in [0.2, 0.25) is 0 Å². The summed E-state index contributed by atoms with van der Waals surface area (Å²) in [7, 11) is 1.59. The molecule has 0 aliphatic heterocycles. The summed E-state index contributed by atoms with van der Waals surface area (Å²) in [5.41, 5.74) is 0.760. The third-order valence-corrected chi connectivity index (χ3v) is 3.37. The van der Waals surface area contributed by atoms with Gasteiger partial charge in [-0.25, -0.2) is 0 Å². The molecule has 2 rings (SSSR count). The maximum Gasteiger partial charge on any atom is 0.267 e. The van der Waals surface area contributed by atoms with Gasteiger partial charge in [0.05, 0.1) is 12.0 Å². The molecule has 0 spiro atoms. The van der Waals surface area contributed by atoms with Crippen molar-refractivity contribution >= 4 is 40.3 Å². The van der Waals surface area contributed by atoms with Crippen LogP contribution in [-0.2, 0) is 0 Å². The summed E-state index contributed by atoms with van der Waals surface area (Å²) in [6.45, 7) is 0. The van der Waals surface area contributed by atoms with Crippen molar-refractivity contribution in [3.05, 3.63) is 46.7 Å².